The Labute approximate surface area is 152 Å². The number of aryl methyl sites for hydroxylation is 2. The number of rotatable bonds is 3. The van der Waals surface area contributed by atoms with Gasteiger partial charge in [0.2, 0.25) is 5.91 Å². The SMILES string of the molecule is Cc1ccc(C)c(N2N=C(C(=O)N3CCC(C(=O)O)CC3)CCC2=O)c1. The molecule has 0 unspecified atom stereocenters. The first-order chi connectivity index (χ1) is 12.4. The van der Waals surface area contributed by atoms with Crippen LogP contribution in [0.1, 0.15) is 36.8 Å². The highest BCUT2D eigenvalue weighted by Gasteiger charge is 2.32. The second-order valence-electron chi connectivity index (χ2n) is 6.95. The number of amides is 2. The Balaban J connectivity index is 1.79. The van der Waals surface area contributed by atoms with E-state index in [1.807, 2.05) is 32.0 Å². The molecule has 0 bridgehead atoms. The van der Waals surface area contributed by atoms with E-state index in [1.165, 1.54) is 5.01 Å². The van der Waals surface area contributed by atoms with Crippen LogP contribution in [-0.4, -0.2) is 46.6 Å². The Morgan fingerprint density at radius 3 is 2.50 bits per heavy atom. The predicted octanol–water partition coefficient (Wildman–Crippen LogP) is 2.11. The van der Waals surface area contributed by atoms with E-state index in [2.05, 4.69) is 5.10 Å². The monoisotopic (exact) mass is 357 g/mol. The highest BCUT2D eigenvalue weighted by atomic mass is 16.4. The number of aliphatic carboxylic acids is 1. The normalized spacial score (nSPS) is 18.7. The largest absolute Gasteiger partial charge is 0.481 e. The molecule has 138 valence electrons. The number of hydrogen-bond acceptors (Lipinski definition) is 4. The lowest BCUT2D eigenvalue weighted by Gasteiger charge is -2.32. The van der Waals surface area contributed by atoms with E-state index < -0.39 is 5.97 Å². The number of hydrazone groups is 1. The van der Waals surface area contributed by atoms with E-state index >= 15 is 0 Å². The molecule has 7 nitrogen and oxygen atoms in total. The number of carbonyl (C=O) groups excluding carboxylic acids is 2. The number of nitrogens with zero attached hydrogens (tertiary/aromatic N) is 3. The summed E-state index contributed by atoms with van der Waals surface area (Å²) in [7, 11) is 0. The number of benzene rings is 1. The molecule has 0 aromatic heterocycles. The highest BCUT2D eigenvalue weighted by molar-refractivity contribution is 6.40. The average molecular weight is 357 g/mol. The first-order valence-electron chi connectivity index (χ1n) is 8.86. The first-order valence-corrected chi connectivity index (χ1v) is 8.86. The number of hydrogen-bond donors (Lipinski definition) is 1. The number of carboxylic acids is 1. The van der Waals surface area contributed by atoms with Crippen LogP contribution in [0.25, 0.3) is 0 Å². The van der Waals surface area contributed by atoms with Crippen molar-refractivity contribution >= 4 is 29.2 Å². The Kier molecular flexibility index (Phi) is 5.06. The van der Waals surface area contributed by atoms with Gasteiger partial charge in [0.1, 0.15) is 5.71 Å². The topological polar surface area (TPSA) is 90.3 Å². The number of carboxylic acid groups (broad SMARTS) is 1. The molecule has 1 N–H and O–H groups in total. The van der Waals surface area contributed by atoms with Gasteiger partial charge in [-0.15, -0.1) is 0 Å². The van der Waals surface area contributed by atoms with Gasteiger partial charge in [-0.1, -0.05) is 12.1 Å². The lowest BCUT2D eigenvalue weighted by Crippen LogP contribution is -2.45. The van der Waals surface area contributed by atoms with Gasteiger partial charge in [0.25, 0.3) is 5.91 Å². The van der Waals surface area contributed by atoms with Crippen molar-refractivity contribution in [2.24, 2.45) is 11.0 Å². The fourth-order valence-electron chi connectivity index (χ4n) is 3.36. The maximum absolute atomic E-state index is 12.8. The molecule has 2 aliphatic heterocycles. The van der Waals surface area contributed by atoms with E-state index in [0.29, 0.717) is 43.8 Å². The van der Waals surface area contributed by atoms with Crippen molar-refractivity contribution < 1.29 is 19.5 Å². The van der Waals surface area contributed by atoms with Crippen LogP contribution >= 0.6 is 0 Å². The summed E-state index contributed by atoms with van der Waals surface area (Å²) in [5.41, 5.74) is 3.00. The fourth-order valence-corrected chi connectivity index (χ4v) is 3.36. The molecular weight excluding hydrogens is 334 g/mol. The van der Waals surface area contributed by atoms with Crippen LogP contribution in [0.4, 0.5) is 5.69 Å². The second-order valence-corrected chi connectivity index (χ2v) is 6.95. The molecule has 0 saturated carbocycles. The number of carbonyl (C=O) groups is 3. The molecule has 1 saturated heterocycles. The zero-order valence-electron chi connectivity index (χ0n) is 15.1. The van der Waals surface area contributed by atoms with Crippen LogP contribution in [0.5, 0.6) is 0 Å². The Bertz CT molecular complexity index is 779. The van der Waals surface area contributed by atoms with Crippen LogP contribution in [-0.2, 0) is 14.4 Å². The van der Waals surface area contributed by atoms with E-state index in [-0.39, 0.29) is 24.2 Å². The summed E-state index contributed by atoms with van der Waals surface area (Å²) in [6, 6.07) is 5.79. The van der Waals surface area contributed by atoms with Crippen molar-refractivity contribution in [1.82, 2.24) is 4.90 Å². The molecule has 3 rings (SSSR count). The predicted molar refractivity (Wildman–Crippen MR) is 97.0 cm³/mol. The van der Waals surface area contributed by atoms with Crippen LogP contribution in [0.3, 0.4) is 0 Å². The molecule has 1 aromatic rings. The van der Waals surface area contributed by atoms with Crippen LogP contribution in [0, 0.1) is 19.8 Å². The number of piperidine rings is 1. The minimum Gasteiger partial charge on any atom is -0.481 e. The summed E-state index contributed by atoms with van der Waals surface area (Å²) in [5, 5.41) is 14.8. The van der Waals surface area contributed by atoms with Crippen molar-refractivity contribution in [3.05, 3.63) is 29.3 Å². The molecule has 0 aliphatic carbocycles. The maximum Gasteiger partial charge on any atom is 0.306 e. The van der Waals surface area contributed by atoms with Crippen LogP contribution in [0.15, 0.2) is 23.3 Å². The summed E-state index contributed by atoms with van der Waals surface area (Å²) in [6.07, 6.45) is 1.46. The zero-order valence-corrected chi connectivity index (χ0v) is 15.1. The minimum absolute atomic E-state index is 0.125. The van der Waals surface area contributed by atoms with Gasteiger partial charge >= 0.3 is 5.97 Å². The fraction of sp³-hybridized carbons (Fsp3) is 0.474. The van der Waals surface area contributed by atoms with Gasteiger partial charge < -0.3 is 10.0 Å². The molecular formula is C19H23N3O4. The second kappa shape index (κ2) is 7.27. The van der Waals surface area contributed by atoms with Crippen molar-refractivity contribution in [2.75, 3.05) is 18.1 Å². The van der Waals surface area contributed by atoms with Gasteiger partial charge in [-0.25, -0.2) is 5.01 Å². The van der Waals surface area contributed by atoms with Gasteiger partial charge in [-0.05, 0) is 43.9 Å². The smallest absolute Gasteiger partial charge is 0.306 e. The lowest BCUT2D eigenvalue weighted by atomic mass is 9.96. The third-order valence-corrected chi connectivity index (χ3v) is 5.00. The number of likely N-dealkylation sites (tertiary alicyclic amines) is 1. The molecule has 1 aromatic carbocycles. The molecule has 7 heteroatoms. The van der Waals surface area contributed by atoms with Gasteiger partial charge in [0.05, 0.1) is 11.6 Å². The number of anilines is 1. The van der Waals surface area contributed by atoms with Crippen LogP contribution in [0.2, 0.25) is 0 Å². The molecule has 2 heterocycles. The summed E-state index contributed by atoms with van der Waals surface area (Å²) in [5.74, 6) is -1.52. The first kappa shape index (κ1) is 18.1. The molecule has 1 fully saturated rings. The Hall–Kier alpha value is -2.70. The van der Waals surface area contributed by atoms with Gasteiger partial charge in [0, 0.05) is 25.9 Å². The Morgan fingerprint density at radius 1 is 1.15 bits per heavy atom. The lowest BCUT2D eigenvalue weighted by molar-refractivity contribution is -0.144. The summed E-state index contributed by atoms with van der Waals surface area (Å²) in [4.78, 5) is 37.8. The van der Waals surface area contributed by atoms with Gasteiger partial charge in [-0.3, -0.25) is 14.4 Å². The quantitative estimate of drug-likeness (QED) is 0.897. The minimum atomic E-state index is -0.807. The summed E-state index contributed by atoms with van der Waals surface area (Å²) < 4.78 is 0. The third kappa shape index (κ3) is 3.61. The molecule has 2 amide bonds. The average Bonchev–Trinajstić information content (AvgIpc) is 2.64. The van der Waals surface area contributed by atoms with Crippen molar-refractivity contribution in [1.29, 1.82) is 0 Å². The Morgan fingerprint density at radius 2 is 1.85 bits per heavy atom. The van der Waals surface area contributed by atoms with E-state index in [9.17, 15) is 14.4 Å². The highest BCUT2D eigenvalue weighted by Crippen LogP contribution is 2.26. The van der Waals surface area contributed by atoms with Crippen LogP contribution < -0.4 is 5.01 Å². The molecule has 2 aliphatic rings. The molecule has 0 radical (unpaired) electrons. The van der Waals surface area contributed by atoms with Crippen molar-refractivity contribution in [3.63, 3.8) is 0 Å². The zero-order chi connectivity index (χ0) is 18.8. The van der Waals surface area contributed by atoms with E-state index in [4.69, 9.17) is 5.11 Å². The summed E-state index contributed by atoms with van der Waals surface area (Å²) in [6.45, 7) is 4.67. The third-order valence-electron chi connectivity index (χ3n) is 5.00. The maximum atomic E-state index is 12.8. The van der Waals surface area contributed by atoms with E-state index in [1.54, 1.807) is 4.90 Å². The van der Waals surface area contributed by atoms with E-state index in [0.717, 1.165) is 11.1 Å². The standard InChI is InChI=1S/C19H23N3O4/c1-12-3-4-13(2)16(11-12)22-17(23)6-5-15(20-22)18(24)21-9-7-14(8-10-21)19(25)26/h3-4,11,14H,5-10H2,1-2H3,(H,25,26). The van der Waals surface area contributed by atoms with Crippen molar-refractivity contribution in [2.45, 2.75) is 39.5 Å². The van der Waals surface area contributed by atoms with Gasteiger partial charge in [0.15, 0.2) is 0 Å². The molecule has 0 atom stereocenters. The molecule has 0 spiro atoms. The molecule has 26 heavy (non-hydrogen) atoms. The van der Waals surface area contributed by atoms with Gasteiger partial charge in [-0.2, -0.15) is 5.10 Å². The summed E-state index contributed by atoms with van der Waals surface area (Å²) >= 11 is 0. The van der Waals surface area contributed by atoms with Crippen molar-refractivity contribution in [3.8, 4) is 0 Å².